The average Bonchev–Trinajstić information content (AvgIpc) is 2.80. The molecule has 104 valence electrons. The van der Waals surface area contributed by atoms with Crippen LogP contribution in [0.4, 0.5) is 8.78 Å². The van der Waals surface area contributed by atoms with Crippen LogP contribution in [0.5, 0.6) is 11.5 Å². The van der Waals surface area contributed by atoms with Crippen molar-refractivity contribution in [2.75, 3.05) is 7.11 Å². The highest BCUT2D eigenvalue weighted by Gasteiger charge is 2.31. The summed E-state index contributed by atoms with van der Waals surface area (Å²) in [5, 5.41) is 3.68. The number of carbonyl (C=O) groups is 1. The maximum atomic E-state index is 12.6. The molecule has 3 rings (SSSR count). The third-order valence-corrected chi connectivity index (χ3v) is 3.28. The largest absolute Gasteiger partial charge is 0.496 e. The minimum Gasteiger partial charge on any atom is -0.496 e. The van der Waals surface area contributed by atoms with E-state index in [0.29, 0.717) is 22.1 Å². The molecule has 4 nitrogen and oxygen atoms in total. The molecule has 20 heavy (non-hydrogen) atoms. The highest BCUT2D eigenvalue weighted by Crippen LogP contribution is 2.43. The van der Waals surface area contributed by atoms with Crippen molar-refractivity contribution in [3.05, 3.63) is 35.4 Å². The summed E-state index contributed by atoms with van der Waals surface area (Å²) in [6.45, 7) is -2.76. The Kier molecular flexibility index (Phi) is 2.93. The zero-order valence-corrected chi connectivity index (χ0v) is 10.6. The molecule has 0 unspecified atom stereocenters. The third kappa shape index (κ3) is 1.76. The van der Waals surface area contributed by atoms with Crippen LogP contribution in [0.1, 0.15) is 15.9 Å². The van der Waals surface area contributed by atoms with Gasteiger partial charge in [-0.25, -0.2) is 0 Å². The van der Waals surface area contributed by atoms with Gasteiger partial charge in [-0.05, 0) is 0 Å². The monoisotopic (exact) mass is 279 g/mol. The normalized spacial score (nSPS) is 13.5. The molecule has 0 saturated heterocycles. The molecule has 0 bridgehead atoms. The first-order valence-corrected chi connectivity index (χ1v) is 5.98. The van der Waals surface area contributed by atoms with Crippen molar-refractivity contribution in [1.29, 1.82) is 0 Å². The van der Waals surface area contributed by atoms with Gasteiger partial charge < -0.3 is 14.8 Å². The number of fused-ring (bicyclic) bond motifs is 2. The third-order valence-electron chi connectivity index (χ3n) is 3.28. The van der Waals surface area contributed by atoms with Crippen molar-refractivity contribution in [2.24, 2.45) is 0 Å². The maximum absolute atomic E-state index is 12.6. The SMILES string of the molecule is COc1c2c(c(OC(F)F)c3ccccc13)C(=O)NC2. The lowest BCUT2D eigenvalue weighted by molar-refractivity contribution is -0.0490. The minimum absolute atomic E-state index is 0.0959. The number of amides is 1. The van der Waals surface area contributed by atoms with Crippen LogP contribution < -0.4 is 14.8 Å². The Morgan fingerprint density at radius 1 is 1.20 bits per heavy atom. The molecule has 1 aliphatic heterocycles. The molecule has 1 amide bonds. The van der Waals surface area contributed by atoms with E-state index in [2.05, 4.69) is 10.1 Å². The number of ether oxygens (including phenoxy) is 2. The summed E-state index contributed by atoms with van der Waals surface area (Å²) in [5.41, 5.74) is 0.674. The van der Waals surface area contributed by atoms with Crippen LogP contribution in [0, 0.1) is 0 Å². The predicted molar refractivity (Wildman–Crippen MR) is 68.3 cm³/mol. The second-order valence-corrected chi connectivity index (χ2v) is 4.32. The number of hydrogen-bond acceptors (Lipinski definition) is 3. The Bertz CT molecular complexity index is 700. The van der Waals surface area contributed by atoms with E-state index in [1.165, 1.54) is 7.11 Å². The van der Waals surface area contributed by atoms with E-state index in [4.69, 9.17) is 4.74 Å². The highest BCUT2D eigenvalue weighted by molar-refractivity contribution is 6.09. The van der Waals surface area contributed by atoms with Crippen molar-refractivity contribution in [3.8, 4) is 11.5 Å². The molecule has 0 aliphatic carbocycles. The summed E-state index contributed by atoms with van der Waals surface area (Å²) in [7, 11) is 1.48. The Balaban J connectivity index is 2.41. The fourth-order valence-electron chi connectivity index (χ4n) is 2.54. The molecule has 1 heterocycles. The lowest BCUT2D eigenvalue weighted by atomic mass is 9.99. The van der Waals surface area contributed by atoms with Crippen LogP contribution in [0.3, 0.4) is 0 Å². The number of alkyl halides is 2. The fourth-order valence-corrected chi connectivity index (χ4v) is 2.54. The van der Waals surface area contributed by atoms with Crippen LogP contribution in [-0.4, -0.2) is 19.6 Å². The number of nitrogens with one attached hydrogen (secondary N) is 1. The van der Waals surface area contributed by atoms with Gasteiger partial charge in [-0.2, -0.15) is 8.78 Å². The number of rotatable bonds is 3. The molecule has 1 N–H and O–H groups in total. The lowest BCUT2D eigenvalue weighted by Gasteiger charge is -2.15. The summed E-state index contributed by atoms with van der Waals surface area (Å²) in [5.74, 6) is -0.0170. The van der Waals surface area contributed by atoms with E-state index >= 15 is 0 Å². The number of carbonyl (C=O) groups excluding carboxylic acids is 1. The van der Waals surface area contributed by atoms with Gasteiger partial charge in [0.2, 0.25) is 0 Å². The Morgan fingerprint density at radius 3 is 2.45 bits per heavy atom. The van der Waals surface area contributed by atoms with Gasteiger partial charge in [-0.15, -0.1) is 0 Å². The number of methoxy groups -OCH3 is 1. The van der Waals surface area contributed by atoms with Gasteiger partial charge in [-0.1, -0.05) is 24.3 Å². The molecule has 2 aromatic rings. The molecule has 0 spiro atoms. The Labute approximate surface area is 113 Å². The van der Waals surface area contributed by atoms with E-state index in [-0.39, 0.29) is 17.9 Å². The van der Waals surface area contributed by atoms with Gasteiger partial charge in [0.15, 0.2) is 0 Å². The van der Waals surface area contributed by atoms with E-state index in [9.17, 15) is 13.6 Å². The molecule has 0 radical (unpaired) electrons. The second-order valence-electron chi connectivity index (χ2n) is 4.32. The summed E-state index contributed by atoms with van der Waals surface area (Å²) >= 11 is 0. The second kappa shape index (κ2) is 4.63. The first-order valence-electron chi connectivity index (χ1n) is 5.98. The van der Waals surface area contributed by atoms with Crippen LogP contribution in [0.25, 0.3) is 10.8 Å². The van der Waals surface area contributed by atoms with Gasteiger partial charge in [0.1, 0.15) is 11.5 Å². The lowest BCUT2D eigenvalue weighted by Crippen LogP contribution is -2.14. The van der Waals surface area contributed by atoms with Crippen molar-refractivity contribution in [3.63, 3.8) is 0 Å². The first kappa shape index (κ1) is 12.7. The van der Waals surface area contributed by atoms with Crippen molar-refractivity contribution in [1.82, 2.24) is 5.32 Å². The van der Waals surface area contributed by atoms with E-state index in [0.717, 1.165) is 0 Å². The molecule has 2 aromatic carbocycles. The summed E-state index contributed by atoms with van der Waals surface area (Å²) in [4.78, 5) is 11.9. The van der Waals surface area contributed by atoms with Gasteiger partial charge in [0.25, 0.3) is 5.91 Å². The highest BCUT2D eigenvalue weighted by atomic mass is 19.3. The Hall–Kier alpha value is -2.37. The smallest absolute Gasteiger partial charge is 0.387 e. The van der Waals surface area contributed by atoms with Crippen LogP contribution >= 0.6 is 0 Å². The van der Waals surface area contributed by atoms with Crippen LogP contribution in [-0.2, 0) is 6.54 Å². The number of benzene rings is 2. The van der Waals surface area contributed by atoms with E-state index < -0.39 is 12.5 Å². The maximum Gasteiger partial charge on any atom is 0.387 e. The molecule has 0 fully saturated rings. The molecule has 6 heteroatoms. The number of halogens is 2. The minimum atomic E-state index is -3.00. The average molecular weight is 279 g/mol. The summed E-state index contributed by atoms with van der Waals surface area (Å²) in [6, 6.07) is 6.84. The van der Waals surface area contributed by atoms with Crippen molar-refractivity contribution < 1.29 is 23.0 Å². The summed E-state index contributed by atoms with van der Waals surface area (Å²) in [6.07, 6.45) is 0. The topological polar surface area (TPSA) is 47.6 Å². The van der Waals surface area contributed by atoms with Crippen molar-refractivity contribution >= 4 is 16.7 Å². The number of hydrogen-bond donors (Lipinski definition) is 1. The fraction of sp³-hybridized carbons (Fsp3) is 0.214. The zero-order chi connectivity index (χ0) is 14.3. The molecule has 1 aliphatic rings. The quantitative estimate of drug-likeness (QED) is 0.939. The molecule has 0 saturated carbocycles. The zero-order valence-electron chi connectivity index (χ0n) is 10.6. The van der Waals surface area contributed by atoms with Gasteiger partial charge in [-0.3, -0.25) is 4.79 Å². The van der Waals surface area contributed by atoms with Gasteiger partial charge in [0, 0.05) is 22.9 Å². The van der Waals surface area contributed by atoms with E-state index in [1.54, 1.807) is 24.3 Å². The van der Waals surface area contributed by atoms with Crippen LogP contribution in [0.15, 0.2) is 24.3 Å². The molecule has 0 aromatic heterocycles. The molecule has 0 atom stereocenters. The van der Waals surface area contributed by atoms with Crippen LogP contribution in [0.2, 0.25) is 0 Å². The first-order chi connectivity index (χ1) is 9.63. The summed E-state index contributed by atoms with van der Waals surface area (Å²) < 4.78 is 35.2. The molecular weight excluding hydrogens is 268 g/mol. The van der Waals surface area contributed by atoms with E-state index in [1.807, 2.05) is 0 Å². The standard InChI is InChI=1S/C14H11F2NO3/c1-19-11-7-4-2-3-5-8(7)12(20-14(15)16)10-9(11)6-17-13(10)18/h2-5,14H,6H2,1H3,(H,17,18). The Morgan fingerprint density at radius 2 is 1.85 bits per heavy atom. The molecular formula is C14H11F2NO3. The predicted octanol–water partition coefficient (Wildman–Crippen LogP) is 2.69. The van der Waals surface area contributed by atoms with Gasteiger partial charge in [0.05, 0.1) is 12.7 Å². The van der Waals surface area contributed by atoms with Gasteiger partial charge >= 0.3 is 6.61 Å². The van der Waals surface area contributed by atoms with Crippen molar-refractivity contribution in [2.45, 2.75) is 13.2 Å².